The number of hydrogen-bond donors (Lipinski definition) is 1. The molecule has 1 rings (SSSR count). The standard InChI is InChI=1S/C6H4BrClN2O/c7-3-1-5(9)6(10-11)2-4(3)8/h1-2H,9H2. The van der Waals surface area contributed by atoms with E-state index in [1.165, 1.54) is 6.07 Å². The van der Waals surface area contributed by atoms with Gasteiger partial charge in [-0.05, 0) is 33.2 Å². The van der Waals surface area contributed by atoms with Gasteiger partial charge in [0.2, 0.25) is 0 Å². The molecule has 0 bridgehead atoms. The van der Waals surface area contributed by atoms with Crippen molar-refractivity contribution in [2.75, 3.05) is 5.73 Å². The monoisotopic (exact) mass is 234 g/mol. The number of nitroso groups, excluding NO2 is 1. The van der Waals surface area contributed by atoms with Crippen molar-refractivity contribution in [2.45, 2.75) is 0 Å². The van der Waals surface area contributed by atoms with E-state index < -0.39 is 0 Å². The van der Waals surface area contributed by atoms with E-state index in [4.69, 9.17) is 17.3 Å². The van der Waals surface area contributed by atoms with Gasteiger partial charge in [-0.1, -0.05) is 11.6 Å². The highest BCUT2D eigenvalue weighted by Gasteiger charge is 2.03. The summed E-state index contributed by atoms with van der Waals surface area (Å²) in [5.74, 6) is 0. The molecule has 0 radical (unpaired) electrons. The first-order valence-electron chi connectivity index (χ1n) is 2.73. The van der Waals surface area contributed by atoms with Crippen LogP contribution in [-0.4, -0.2) is 0 Å². The zero-order valence-electron chi connectivity index (χ0n) is 5.34. The fourth-order valence-corrected chi connectivity index (χ4v) is 1.15. The molecule has 58 valence electrons. The largest absolute Gasteiger partial charge is 0.397 e. The number of anilines is 1. The Balaban J connectivity index is 3.31. The molecule has 0 saturated heterocycles. The summed E-state index contributed by atoms with van der Waals surface area (Å²) >= 11 is 8.82. The maximum Gasteiger partial charge on any atom is 0.132 e. The lowest BCUT2D eigenvalue weighted by atomic mass is 10.3. The van der Waals surface area contributed by atoms with Crippen molar-refractivity contribution < 1.29 is 0 Å². The van der Waals surface area contributed by atoms with E-state index >= 15 is 0 Å². The molecule has 0 aromatic heterocycles. The van der Waals surface area contributed by atoms with E-state index in [-0.39, 0.29) is 5.69 Å². The second kappa shape index (κ2) is 3.19. The number of nitrogens with zero attached hydrogens (tertiary/aromatic N) is 1. The summed E-state index contributed by atoms with van der Waals surface area (Å²) in [7, 11) is 0. The fourth-order valence-electron chi connectivity index (χ4n) is 0.631. The van der Waals surface area contributed by atoms with E-state index in [0.29, 0.717) is 15.2 Å². The molecule has 0 spiro atoms. The Morgan fingerprint density at radius 3 is 2.73 bits per heavy atom. The van der Waals surface area contributed by atoms with Gasteiger partial charge >= 0.3 is 0 Å². The van der Waals surface area contributed by atoms with Gasteiger partial charge in [0.15, 0.2) is 0 Å². The lowest BCUT2D eigenvalue weighted by molar-refractivity contribution is 1.48. The van der Waals surface area contributed by atoms with Gasteiger partial charge in [-0.2, -0.15) is 0 Å². The molecule has 0 atom stereocenters. The first-order chi connectivity index (χ1) is 5.15. The van der Waals surface area contributed by atoms with Gasteiger partial charge in [0.05, 0.1) is 10.7 Å². The highest BCUT2D eigenvalue weighted by atomic mass is 79.9. The number of benzene rings is 1. The molecule has 0 aliphatic heterocycles. The Bertz CT molecular complexity index is 303. The minimum absolute atomic E-state index is 0.165. The predicted octanol–water partition coefficient (Wildman–Crippen LogP) is 3.08. The van der Waals surface area contributed by atoms with E-state index in [1.54, 1.807) is 6.07 Å². The zero-order valence-corrected chi connectivity index (χ0v) is 7.69. The molecule has 0 unspecified atom stereocenters. The van der Waals surface area contributed by atoms with E-state index in [2.05, 4.69) is 21.1 Å². The van der Waals surface area contributed by atoms with Crippen molar-refractivity contribution in [3.05, 3.63) is 26.5 Å². The Hall–Kier alpha value is -0.610. The molecule has 2 N–H and O–H groups in total. The first-order valence-corrected chi connectivity index (χ1v) is 3.90. The molecule has 1 aromatic carbocycles. The topological polar surface area (TPSA) is 55.4 Å². The summed E-state index contributed by atoms with van der Waals surface area (Å²) in [4.78, 5) is 10.1. The lowest BCUT2D eigenvalue weighted by Gasteiger charge is -1.99. The van der Waals surface area contributed by atoms with Crippen LogP contribution in [-0.2, 0) is 0 Å². The fraction of sp³-hybridized carbons (Fsp3) is 0. The van der Waals surface area contributed by atoms with Crippen LogP contribution in [0.1, 0.15) is 0 Å². The smallest absolute Gasteiger partial charge is 0.132 e. The van der Waals surface area contributed by atoms with Crippen LogP contribution in [0.5, 0.6) is 0 Å². The van der Waals surface area contributed by atoms with Gasteiger partial charge in [0.25, 0.3) is 0 Å². The molecular weight excluding hydrogens is 231 g/mol. The molecule has 5 heteroatoms. The molecule has 0 fully saturated rings. The quantitative estimate of drug-likeness (QED) is 0.601. The van der Waals surface area contributed by atoms with Crippen molar-refractivity contribution in [1.29, 1.82) is 0 Å². The molecule has 0 aliphatic rings. The van der Waals surface area contributed by atoms with Crippen molar-refractivity contribution in [2.24, 2.45) is 5.18 Å². The van der Waals surface area contributed by atoms with Gasteiger partial charge in [-0.3, -0.25) is 0 Å². The van der Waals surface area contributed by atoms with Crippen LogP contribution >= 0.6 is 27.5 Å². The molecular formula is C6H4BrClN2O. The van der Waals surface area contributed by atoms with Crippen LogP contribution in [0.15, 0.2) is 21.8 Å². The molecule has 3 nitrogen and oxygen atoms in total. The molecule has 0 saturated carbocycles. The van der Waals surface area contributed by atoms with Crippen LogP contribution in [0, 0.1) is 4.91 Å². The van der Waals surface area contributed by atoms with Crippen LogP contribution in [0.3, 0.4) is 0 Å². The first kappa shape index (κ1) is 8.49. The Kier molecular flexibility index (Phi) is 2.46. The molecule has 11 heavy (non-hydrogen) atoms. The summed E-state index contributed by atoms with van der Waals surface area (Å²) in [5, 5.41) is 3.12. The van der Waals surface area contributed by atoms with Crippen molar-refractivity contribution >= 4 is 38.9 Å². The lowest BCUT2D eigenvalue weighted by Crippen LogP contribution is -1.85. The summed E-state index contributed by atoms with van der Waals surface area (Å²) in [5.41, 5.74) is 5.90. The third-order valence-corrected chi connectivity index (χ3v) is 2.37. The van der Waals surface area contributed by atoms with Crippen LogP contribution < -0.4 is 5.73 Å². The van der Waals surface area contributed by atoms with E-state index in [9.17, 15) is 4.91 Å². The van der Waals surface area contributed by atoms with Gasteiger partial charge in [-0.15, -0.1) is 4.91 Å². The maximum absolute atomic E-state index is 10.1. The average Bonchev–Trinajstić information content (AvgIpc) is 1.97. The van der Waals surface area contributed by atoms with E-state index in [0.717, 1.165) is 0 Å². The summed E-state index contributed by atoms with van der Waals surface area (Å²) in [6, 6.07) is 2.95. The Labute approximate surface area is 76.6 Å². The number of halogens is 2. The number of rotatable bonds is 1. The molecule has 1 aromatic rings. The minimum Gasteiger partial charge on any atom is -0.397 e. The van der Waals surface area contributed by atoms with Crippen molar-refractivity contribution in [3.8, 4) is 0 Å². The molecule has 0 aliphatic carbocycles. The molecule has 0 amide bonds. The van der Waals surface area contributed by atoms with Gasteiger partial charge in [0.1, 0.15) is 5.69 Å². The Morgan fingerprint density at radius 1 is 1.55 bits per heavy atom. The second-order valence-corrected chi connectivity index (χ2v) is 3.18. The number of nitrogen functional groups attached to an aromatic ring is 1. The van der Waals surface area contributed by atoms with Crippen molar-refractivity contribution in [1.82, 2.24) is 0 Å². The third kappa shape index (κ3) is 1.70. The van der Waals surface area contributed by atoms with Crippen LogP contribution in [0.4, 0.5) is 11.4 Å². The van der Waals surface area contributed by atoms with E-state index in [1.807, 2.05) is 0 Å². The highest BCUT2D eigenvalue weighted by molar-refractivity contribution is 9.10. The van der Waals surface area contributed by atoms with Crippen LogP contribution in [0.2, 0.25) is 5.02 Å². The normalized spacial score (nSPS) is 9.64. The third-order valence-electron chi connectivity index (χ3n) is 1.17. The SMILES string of the molecule is Nc1cc(Br)c(Cl)cc1N=O. The predicted molar refractivity (Wildman–Crippen MR) is 49.0 cm³/mol. The van der Waals surface area contributed by atoms with Crippen molar-refractivity contribution in [3.63, 3.8) is 0 Å². The zero-order chi connectivity index (χ0) is 8.43. The maximum atomic E-state index is 10.1. The minimum atomic E-state index is 0.165. The summed E-state index contributed by atoms with van der Waals surface area (Å²) in [6.07, 6.45) is 0. The van der Waals surface area contributed by atoms with Gasteiger partial charge < -0.3 is 5.73 Å². The average molecular weight is 235 g/mol. The number of nitrogens with two attached hydrogens (primary N) is 1. The summed E-state index contributed by atoms with van der Waals surface area (Å²) in [6.45, 7) is 0. The highest BCUT2D eigenvalue weighted by Crippen LogP contribution is 2.32. The van der Waals surface area contributed by atoms with Gasteiger partial charge in [-0.25, -0.2) is 0 Å². The summed E-state index contributed by atoms with van der Waals surface area (Å²) < 4.78 is 0.657. The number of hydrogen-bond acceptors (Lipinski definition) is 3. The van der Waals surface area contributed by atoms with Gasteiger partial charge in [0, 0.05) is 4.47 Å². The second-order valence-electron chi connectivity index (χ2n) is 1.92. The molecule has 0 heterocycles. The Morgan fingerprint density at radius 2 is 2.18 bits per heavy atom. The van der Waals surface area contributed by atoms with Crippen LogP contribution in [0.25, 0.3) is 0 Å².